The predicted molar refractivity (Wildman–Crippen MR) is 94.2 cm³/mol. The van der Waals surface area contributed by atoms with Crippen molar-refractivity contribution in [3.63, 3.8) is 0 Å². The fourth-order valence-corrected chi connectivity index (χ4v) is 2.32. The highest BCUT2D eigenvalue weighted by Gasteiger charge is 2.31. The van der Waals surface area contributed by atoms with Gasteiger partial charge in [0.05, 0.1) is 0 Å². The highest BCUT2D eigenvalue weighted by molar-refractivity contribution is 6.01. The van der Waals surface area contributed by atoms with Crippen molar-refractivity contribution in [2.24, 2.45) is 5.92 Å². The second kappa shape index (κ2) is 8.73. The summed E-state index contributed by atoms with van der Waals surface area (Å²) in [4.78, 5) is 24.8. The number of halogens is 4. The minimum Gasteiger partial charge on any atom is -0.406 e. The Morgan fingerprint density at radius 1 is 0.964 bits per heavy atom. The smallest absolute Gasteiger partial charge is 0.406 e. The van der Waals surface area contributed by atoms with Gasteiger partial charge in [-0.3, -0.25) is 9.59 Å². The second-order valence-corrected chi connectivity index (χ2v) is 6.26. The van der Waals surface area contributed by atoms with Gasteiger partial charge in [0.1, 0.15) is 17.6 Å². The number of carbonyl (C=O) groups is 2. The van der Waals surface area contributed by atoms with Gasteiger partial charge in [-0.2, -0.15) is 0 Å². The number of carbonyl (C=O) groups excluding carboxylic acids is 2. The quantitative estimate of drug-likeness (QED) is 0.720. The summed E-state index contributed by atoms with van der Waals surface area (Å²) < 4.78 is 53.3. The van der Waals surface area contributed by atoms with Gasteiger partial charge in [0.2, 0.25) is 5.91 Å². The molecule has 0 aromatic heterocycles. The molecule has 2 amide bonds. The lowest BCUT2D eigenvalue weighted by Gasteiger charge is -2.22. The monoisotopic (exact) mass is 398 g/mol. The van der Waals surface area contributed by atoms with E-state index in [1.807, 2.05) is 0 Å². The van der Waals surface area contributed by atoms with E-state index in [1.54, 1.807) is 13.8 Å². The van der Waals surface area contributed by atoms with Crippen LogP contribution in [0.15, 0.2) is 48.5 Å². The van der Waals surface area contributed by atoms with Gasteiger partial charge in [-0.15, -0.1) is 13.2 Å². The number of amides is 2. The number of benzene rings is 2. The highest BCUT2D eigenvalue weighted by Crippen LogP contribution is 2.24. The summed E-state index contributed by atoms with van der Waals surface area (Å²) >= 11 is 0. The van der Waals surface area contributed by atoms with E-state index in [-0.39, 0.29) is 17.2 Å². The first-order chi connectivity index (χ1) is 13.0. The Balaban J connectivity index is 2.04. The van der Waals surface area contributed by atoms with E-state index >= 15 is 0 Å². The zero-order valence-corrected chi connectivity index (χ0v) is 15.0. The minimum atomic E-state index is -4.81. The molecular formula is C19H18F4N2O3. The molecule has 0 saturated carbocycles. The van der Waals surface area contributed by atoms with Crippen LogP contribution in [0.4, 0.5) is 23.2 Å². The summed E-state index contributed by atoms with van der Waals surface area (Å²) in [5.74, 6) is -2.29. The van der Waals surface area contributed by atoms with Gasteiger partial charge in [-0.25, -0.2) is 4.39 Å². The molecule has 2 N–H and O–H groups in total. The molecule has 2 rings (SSSR count). The SMILES string of the molecule is CC(C)C(NC(=O)c1ccc(F)cc1)C(=O)Nc1ccc(OC(F)(F)F)cc1. The van der Waals surface area contributed by atoms with Gasteiger partial charge < -0.3 is 15.4 Å². The predicted octanol–water partition coefficient (Wildman–Crippen LogP) is 4.12. The van der Waals surface area contributed by atoms with Gasteiger partial charge in [-0.1, -0.05) is 13.8 Å². The number of ether oxygens (including phenoxy) is 1. The number of hydrogen-bond acceptors (Lipinski definition) is 3. The molecule has 2 aromatic carbocycles. The van der Waals surface area contributed by atoms with Crippen LogP contribution in [-0.4, -0.2) is 24.2 Å². The first-order valence-electron chi connectivity index (χ1n) is 8.28. The zero-order valence-electron chi connectivity index (χ0n) is 15.0. The Hall–Kier alpha value is -3.10. The van der Waals surface area contributed by atoms with Crippen molar-refractivity contribution in [3.8, 4) is 5.75 Å². The van der Waals surface area contributed by atoms with E-state index in [4.69, 9.17) is 0 Å². The third-order valence-corrected chi connectivity index (χ3v) is 3.70. The summed E-state index contributed by atoms with van der Waals surface area (Å²) in [6.07, 6.45) is -4.81. The Morgan fingerprint density at radius 3 is 2.04 bits per heavy atom. The Kier molecular flexibility index (Phi) is 6.61. The summed E-state index contributed by atoms with van der Waals surface area (Å²) in [6, 6.07) is 8.54. The Labute approximate surface area is 158 Å². The molecule has 2 aromatic rings. The maximum absolute atomic E-state index is 13.0. The number of alkyl halides is 3. The van der Waals surface area contributed by atoms with E-state index in [1.165, 1.54) is 24.3 Å². The van der Waals surface area contributed by atoms with E-state index < -0.39 is 35.8 Å². The van der Waals surface area contributed by atoms with Crippen molar-refractivity contribution in [3.05, 3.63) is 59.9 Å². The summed E-state index contributed by atoms with van der Waals surface area (Å²) in [5, 5.41) is 5.10. The van der Waals surface area contributed by atoms with Crippen molar-refractivity contribution in [1.29, 1.82) is 0 Å². The summed E-state index contributed by atoms with van der Waals surface area (Å²) in [5.41, 5.74) is 0.426. The molecule has 0 aliphatic heterocycles. The Morgan fingerprint density at radius 2 is 1.54 bits per heavy atom. The average Bonchev–Trinajstić information content (AvgIpc) is 2.60. The molecular weight excluding hydrogens is 380 g/mol. The van der Waals surface area contributed by atoms with Crippen LogP contribution >= 0.6 is 0 Å². The van der Waals surface area contributed by atoms with E-state index in [0.29, 0.717) is 0 Å². The lowest BCUT2D eigenvalue weighted by molar-refractivity contribution is -0.274. The third kappa shape index (κ3) is 6.26. The van der Waals surface area contributed by atoms with E-state index in [9.17, 15) is 27.2 Å². The van der Waals surface area contributed by atoms with Crippen LogP contribution < -0.4 is 15.4 Å². The largest absolute Gasteiger partial charge is 0.573 e. The van der Waals surface area contributed by atoms with Crippen molar-refractivity contribution >= 4 is 17.5 Å². The molecule has 1 unspecified atom stereocenters. The van der Waals surface area contributed by atoms with Gasteiger partial charge in [0.15, 0.2) is 0 Å². The fourth-order valence-electron chi connectivity index (χ4n) is 2.32. The highest BCUT2D eigenvalue weighted by atomic mass is 19.4. The molecule has 150 valence electrons. The molecule has 5 nitrogen and oxygen atoms in total. The summed E-state index contributed by atoms with van der Waals surface area (Å²) in [7, 11) is 0. The van der Waals surface area contributed by atoms with E-state index in [2.05, 4.69) is 15.4 Å². The average molecular weight is 398 g/mol. The maximum atomic E-state index is 13.0. The fraction of sp³-hybridized carbons (Fsp3) is 0.263. The maximum Gasteiger partial charge on any atom is 0.573 e. The van der Waals surface area contributed by atoms with Crippen molar-refractivity contribution in [2.45, 2.75) is 26.3 Å². The van der Waals surface area contributed by atoms with Crippen LogP contribution in [0.5, 0.6) is 5.75 Å². The standard InChI is InChI=1S/C19H18F4N2O3/c1-11(2)16(25-17(26)12-3-5-13(20)6-4-12)18(27)24-14-7-9-15(10-8-14)28-19(21,22)23/h3-11,16H,1-2H3,(H,24,27)(H,25,26). The van der Waals surface area contributed by atoms with Crippen molar-refractivity contribution in [1.82, 2.24) is 5.32 Å². The van der Waals surface area contributed by atoms with Crippen LogP contribution in [0, 0.1) is 11.7 Å². The molecule has 0 saturated heterocycles. The molecule has 28 heavy (non-hydrogen) atoms. The van der Waals surface area contributed by atoms with Crippen molar-refractivity contribution < 1.29 is 31.9 Å². The molecule has 0 heterocycles. The summed E-state index contributed by atoms with van der Waals surface area (Å²) in [6.45, 7) is 3.44. The zero-order chi connectivity index (χ0) is 20.9. The molecule has 0 radical (unpaired) electrons. The molecule has 0 spiro atoms. The van der Waals surface area contributed by atoms with Gasteiger partial charge in [-0.05, 0) is 54.4 Å². The third-order valence-electron chi connectivity index (χ3n) is 3.70. The molecule has 0 fully saturated rings. The van der Waals surface area contributed by atoms with Crippen LogP contribution in [0.25, 0.3) is 0 Å². The van der Waals surface area contributed by atoms with Gasteiger partial charge in [0, 0.05) is 11.3 Å². The van der Waals surface area contributed by atoms with Crippen LogP contribution in [0.3, 0.4) is 0 Å². The molecule has 1 atom stereocenters. The van der Waals surface area contributed by atoms with Gasteiger partial charge >= 0.3 is 6.36 Å². The number of anilines is 1. The lowest BCUT2D eigenvalue weighted by Crippen LogP contribution is -2.47. The van der Waals surface area contributed by atoms with Gasteiger partial charge in [0.25, 0.3) is 5.91 Å². The first kappa shape index (κ1) is 21.2. The number of nitrogens with one attached hydrogen (secondary N) is 2. The molecule has 0 aliphatic carbocycles. The van der Waals surface area contributed by atoms with Crippen LogP contribution in [-0.2, 0) is 4.79 Å². The minimum absolute atomic E-state index is 0.188. The Bertz CT molecular complexity index is 819. The first-order valence-corrected chi connectivity index (χ1v) is 8.28. The molecule has 9 heteroatoms. The molecule has 0 aliphatic rings. The topological polar surface area (TPSA) is 67.4 Å². The number of hydrogen-bond donors (Lipinski definition) is 2. The second-order valence-electron chi connectivity index (χ2n) is 6.26. The van der Waals surface area contributed by atoms with Crippen LogP contribution in [0.2, 0.25) is 0 Å². The van der Waals surface area contributed by atoms with E-state index in [0.717, 1.165) is 24.3 Å². The van der Waals surface area contributed by atoms with Crippen LogP contribution in [0.1, 0.15) is 24.2 Å². The normalized spacial score (nSPS) is 12.4. The lowest BCUT2D eigenvalue weighted by atomic mass is 10.0. The number of rotatable bonds is 6. The van der Waals surface area contributed by atoms with Crippen molar-refractivity contribution in [2.75, 3.05) is 5.32 Å². The molecule has 0 bridgehead atoms.